The van der Waals surface area contributed by atoms with Crippen LogP contribution in [0.1, 0.15) is 46.5 Å². The molecule has 0 radical (unpaired) electrons. The summed E-state index contributed by atoms with van der Waals surface area (Å²) in [5, 5.41) is 8.74. The molecule has 8 nitrogen and oxygen atoms in total. The van der Waals surface area contributed by atoms with E-state index in [1.54, 1.807) is 38.1 Å². The highest BCUT2D eigenvalue weighted by atomic mass is 16.2. The highest BCUT2D eigenvalue weighted by Crippen LogP contribution is 2.30. The molecule has 0 aromatic heterocycles. The molecule has 1 aliphatic carbocycles. The summed E-state index contributed by atoms with van der Waals surface area (Å²) in [4.78, 5) is 49.6. The fourth-order valence-electron chi connectivity index (χ4n) is 3.44. The average Bonchev–Trinajstić information content (AvgIpc) is 3.43. The van der Waals surface area contributed by atoms with Gasteiger partial charge in [0.2, 0.25) is 23.6 Å². The molecule has 4 amide bonds. The molecule has 1 saturated carbocycles. The van der Waals surface area contributed by atoms with Gasteiger partial charge in [0.15, 0.2) is 0 Å². The van der Waals surface area contributed by atoms with Crippen LogP contribution in [0.2, 0.25) is 0 Å². The minimum Gasteiger partial charge on any atom is -0.326 e. The summed E-state index contributed by atoms with van der Waals surface area (Å²) >= 11 is 0. The molecule has 1 aromatic rings. The first-order valence-electron chi connectivity index (χ1n) is 10.1. The monoisotopic (exact) mass is 400 g/mol. The zero-order valence-electron chi connectivity index (χ0n) is 17.0. The summed E-state index contributed by atoms with van der Waals surface area (Å²) in [6.07, 6.45) is 2.18. The number of carbonyl (C=O) groups excluding carboxylic acids is 4. The highest BCUT2D eigenvalue weighted by Gasteiger charge is 2.40. The van der Waals surface area contributed by atoms with Crippen LogP contribution in [0.5, 0.6) is 0 Å². The lowest BCUT2D eigenvalue weighted by molar-refractivity contribution is -0.141. The predicted octanol–water partition coefficient (Wildman–Crippen LogP) is 1.88. The van der Waals surface area contributed by atoms with Crippen molar-refractivity contribution in [3.8, 4) is 0 Å². The van der Waals surface area contributed by atoms with Crippen LogP contribution in [0.15, 0.2) is 24.3 Å². The molecule has 29 heavy (non-hydrogen) atoms. The Morgan fingerprint density at radius 1 is 1.03 bits per heavy atom. The van der Waals surface area contributed by atoms with Gasteiger partial charge in [0, 0.05) is 35.8 Å². The van der Waals surface area contributed by atoms with Crippen molar-refractivity contribution in [2.75, 3.05) is 10.6 Å². The summed E-state index contributed by atoms with van der Waals surface area (Å²) in [5.41, 5.74) is 1.33. The number of benzene rings is 1. The molecule has 1 aliphatic heterocycles. The van der Waals surface area contributed by atoms with Gasteiger partial charge in [-0.15, -0.1) is 0 Å². The summed E-state index contributed by atoms with van der Waals surface area (Å²) in [5.74, 6) is -0.443. The number of imide groups is 1. The van der Waals surface area contributed by atoms with Crippen LogP contribution in [0.3, 0.4) is 0 Å². The van der Waals surface area contributed by atoms with Gasteiger partial charge in [-0.05, 0) is 57.9 Å². The van der Waals surface area contributed by atoms with Crippen molar-refractivity contribution in [1.82, 2.24) is 10.2 Å². The number of amides is 4. The number of hydrogen-bond donors (Lipinski definition) is 3. The Morgan fingerprint density at radius 2 is 1.62 bits per heavy atom. The van der Waals surface area contributed by atoms with E-state index in [9.17, 15) is 19.2 Å². The lowest BCUT2D eigenvalue weighted by atomic mass is 10.1. The maximum atomic E-state index is 12.3. The highest BCUT2D eigenvalue weighted by molar-refractivity contribution is 6.05. The third kappa shape index (κ3) is 5.41. The first kappa shape index (κ1) is 21.0. The number of likely N-dealkylation sites (tertiary alicyclic amines) is 1. The molecule has 1 aromatic carbocycles. The lowest BCUT2D eigenvalue weighted by Crippen LogP contribution is -2.45. The number of nitrogens with zero attached hydrogens (tertiary/aromatic N) is 1. The number of rotatable bonds is 8. The van der Waals surface area contributed by atoms with Crippen LogP contribution >= 0.6 is 0 Å². The average molecular weight is 400 g/mol. The molecule has 2 aliphatic rings. The van der Waals surface area contributed by atoms with E-state index >= 15 is 0 Å². The van der Waals surface area contributed by atoms with E-state index < -0.39 is 6.04 Å². The molecular weight excluding hydrogens is 372 g/mol. The van der Waals surface area contributed by atoms with E-state index in [0.29, 0.717) is 11.4 Å². The fourth-order valence-corrected chi connectivity index (χ4v) is 3.44. The molecule has 0 spiro atoms. The molecule has 3 rings (SSSR count). The molecule has 2 fully saturated rings. The van der Waals surface area contributed by atoms with Crippen LogP contribution in [-0.4, -0.2) is 46.7 Å². The van der Waals surface area contributed by atoms with E-state index in [4.69, 9.17) is 0 Å². The minimum absolute atomic E-state index is 0.0395. The molecule has 8 heteroatoms. The standard InChI is InChI=1S/C21H28N4O4/c1-12(2)25-19(27)11-17(21(25)29)22-13(3)10-18(26)23-15-6-8-16(9-7-15)24-20(28)14-4-5-14/h6-9,12-14,17,22H,4-5,10-11H2,1-3H3,(H,23,26)(H,24,28)/t13-,17+/m1/s1. The Balaban J connectivity index is 1.45. The van der Waals surface area contributed by atoms with E-state index in [0.717, 1.165) is 12.8 Å². The van der Waals surface area contributed by atoms with E-state index in [-0.39, 0.29) is 54.5 Å². The number of hydrogen-bond acceptors (Lipinski definition) is 5. The Bertz CT molecular complexity index is 801. The zero-order valence-corrected chi connectivity index (χ0v) is 17.0. The van der Waals surface area contributed by atoms with E-state index in [1.165, 1.54) is 4.90 Å². The summed E-state index contributed by atoms with van der Waals surface area (Å²) in [6.45, 7) is 5.42. The Kier molecular flexibility index (Phi) is 6.32. The van der Waals surface area contributed by atoms with Crippen molar-refractivity contribution in [1.29, 1.82) is 0 Å². The molecule has 3 N–H and O–H groups in total. The number of nitrogens with one attached hydrogen (secondary N) is 3. The summed E-state index contributed by atoms with van der Waals surface area (Å²) < 4.78 is 0. The van der Waals surface area contributed by atoms with Gasteiger partial charge in [-0.2, -0.15) is 0 Å². The van der Waals surface area contributed by atoms with Gasteiger partial charge in [-0.1, -0.05) is 0 Å². The second-order valence-electron chi connectivity index (χ2n) is 8.11. The van der Waals surface area contributed by atoms with Crippen LogP contribution in [0.25, 0.3) is 0 Å². The van der Waals surface area contributed by atoms with Crippen molar-refractivity contribution < 1.29 is 19.2 Å². The van der Waals surface area contributed by atoms with E-state index in [2.05, 4.69) is 16.0 Å². The van der Waals surface area contributed by atoms with Crippen LogP contribution in [-0.2, 0) is 19.2 Å². The van der Waals surface area contributed by atoms with Crippen molar-refractivity contribution in [2.24, 2.45) is 5.92 Å². The molecular formula is C21H28N4O4. The lowest BCUT2D eigenvalue weighted by Gasteiger charge is -2.21. The van der Waals surface area contributed by atoms with Crippen molar-refractivity contribution in [3.63, 3.8) is 0 Å². The van der Waals surface area contributed by atoms with Gasteiger partial charge in [0.05, 0.1) is 12.5 Å². The van der Waals surface area contributed by atoms with E-state index in [1.807, 2.05) is 6.92 Å². The third-order valence-corrected chi connectivity index (χ3v) is 5.06. The quantitative estimate of drug-likeness (QED) is 0.578. The number of anilines is 2. The Labute approximate surface area is 170 Å². The maximum Gasteiger partial charge on any atom is 0.247 e. The van der Waals surface area contributed by atoms with Crippen molar-refractivity contribution >= 4 is 35.0 Å². The predicted molar refractivity (Wildman–Crippen MR) is 109 cm³/mol. The minimum atomic E-state index is -0.581. The van der Waals surface area contributed by atoms with Crippen molar-refractivity contribution in [2.45, 2.75) is 64.6 Å². The topological polar surface area (TPSA) is 108 Å². The fraction of sp³-hybridized carbons (Fsp3) is 0.524. The van der Waals surface area contributed by atoms with Crippen LogP contribution in [0.4, 0.5) is 11.4 Å². The second kappa shape index (κ2) is 8.73. The van der Waals surface area contributed by atoms with Crippen LogP contribution in [0, 0.1) is 5.92 Å². The van der Waals surface area contributed by atoms with Crippen LogP contribution < -0.4 is 16.0 Å². The molecule has 0 bridgehead atoms. The van der Waals surface area contributed by atoms with Crippen molar-refractivity contribution in [3.05, 3.63) is 24.3 Å². The molecule has 1 saturated heterocycles. The molecule has 2 atom stereocenters. The summed E-state index contributed by atoms with van der Waals surface area (Å²) in [7, 11) is 0. The SMILES string of the molecule is CC(C)N1C(=O)C[C@H](N[C@H](C)CC(=O)Nc2ccc(NC(=O)C3CC3)cc2)C1=O. The van der Waals surface area contributed by atoms with Gasteiger partial charge in [-0.3, -0.25) is 24.1 Å². The molecule has 1 heterocycles. The largest absolute Gasteiger partial charge is 0.326 e. The third-order valence-electron chi connectivity index (χ3n) is 5.06. The zero-order chi connectivity index (χ0) is 21.1. The molecule has 156 valence electrons. The summed E-state index contributed by atoms with van der Waals surface area (Å²) in [6, 6.07) is 5.96. The van der Waals surface area contributed by atoms with Gasteiger partial charge in [0.25, 0.3) is 0 Å². The Hall–Kier alpha value is -2.74. The normalized spacial score (nSPS) is 20.1. The van der Waals surface area contributed by atoms with Gasteiger partial charge in [-0.25, -0.2) is 0 Å². The smallest absolute Gasteiger partial charge is 0.247 e. The van der Waals surface area contributed by atoms with Gasteiger partial charge in [0.1, 0.15) is 0 Å². The number of carbonyl (C=O) groups is 4. The maximum absolute atomic E-state index is 12.3. The molecule has 0 unspecified atom stereocenters. The second-order valence-corrected chi connectivity index (χ2v) is 8.11. The van der Waals surface area contributed by atoms with Gasteiger partial charge < -0.3 is 16.0 Å². The first-order valence-corrected chi connectivity index (χ1v) is 10.1. The van der Waals surface area contributed by atoms with Gasteiger partial charge >= 0.3 is 0 Å². The Morgan fingerprint density at radius 3 is 2.14 bits per heavy atom. The first-order chi connectivity index (χ1) is 13.7.